The molecule has 2 N–H and O–H groups in total. The maximum Gasteiger partial charge on any atom is 0.255 e. The Balaban J connectivity index is 1.75. The number of rotatable bonds is 3. The first-order valence-corrected chi connectivity index (χ1v) is 9.95. The van der Waals surface area contributed by atoms with Gasteiger partial charge in [0.05, 0.1) is 5.92 Å². The third-order valence-corrected chi connectivity index (χ3v) is 5.92. The van der Waals surface area contributed by atoms with Gasteiger partial charge in [0, 0.05) is 39.5 Å². The normalized spacial score (nSPS) is 19.6. The predicted molar refractivity (Wildman–Crippen MR) is 106 cm³/mol. The van der Waals surface area contributed by atoms with E-state index in [0.29, 0.717) is 17.8 Å². The number of pyridine rings is 1. The van der Waals surface area contributed by atoms with Crippen molar-refractivity contribution in [2.45, 2.75) is 39.0 Å². The number of ketones is 1. The third kappa shape index (κ3) is 3.32. The van der Waals surface area contributed by atoms with E-state index >= 15 is 0 Å². The first kappa shape index (κ1) is 17.7. The van der Waals surface area contributed by atoms with Gasteiger partial charge in [-0.3, -0.25) is 9.59 Å². The molecule has 0 unspecified atom stereocenters. The van der Waals surface area contributed by atoms with Crippen molar-refractivity contribution < 1.29 is 9.59 Å². The molecule has 5 nitrogen and oxygen atoms in total. The second kappa shape index (κ2) is 7.12. The number of nitrogens with zero attached hydrogens (tertiary/aromatic N) is 1. The van der Waals surface area contributed by atoms with E-state index < -0.39 is 0 Å². The summed E-state index contributed by atoms with van der Waals surface area (Å²) in [4.78, 5) is 31.3. The smallest absolute Gasteiger partial charge is 0.255 e. The van der Waals surface area contributed by atoms with Crippen LogP contribution in [0, 0.1) is 6.92 Å². The first-order chi connectivity index (χ1) is 13.0. The van der Waals surface area contributed by atoms with E-state index in [4.69, 9.17) is 0 Å². The Labute approximate surface area is 162 Å². The molecule has 0 spiro atoms. The Hall–Kier alpha value is -2.73. The maximum absolute atomic E-state index is 13.2. The maximum atomic E-state index is 13.2. The molecule has 0 aromatic carbocycles. The van der Waals surface area contributed by atoms with Gasteiger partial charge in [-0.05, 0) is 50.3 Å². The molecule has 4 rings (SSSR count). The average Bonchev–Trinajstić information content (AvgIpc) is 3.15. The number of hydrogen-bond acceptors (Lipinski definition) is 5. The molecule has 2 aromatic heterocycles. The van der Waals surface area contributed by atoms with Gasteiger partial charge < -0.3 is 10.6 Å². The van der Waals surface area contributed by atoms with E-state index in [1.165, 1.54) is 0 Å². The Kier molecular flexibility index (Phi) is 4.66. The van der Waals surface area contributed by atoms with Crippen LogP contribution >= 0.6 is 11.3 Å². The fraction of sp³-hybridized carbons (Fsp3) is 0.286. The zero-order valence-corrected chi connectivity index (χ0v) is 16.2. The van der Waals surface area contributed by atoms with E-state index in [0.717, 1.165) is 40.4 Å². The molecule has 0 radical (unpaired) electrons. The van der Waals surface area contributed by atoms with Crippen LogP contribution in [0.2, 0.25) is 0 Å². The topological polar surface area (TPSA) is 71.1 Å². The summed E-state index contributed by atoms with van der Waals surface area (Å²) in [6.45, 7) is 3.79. The second-order valence-corrected chi connectivity index (χ2v) is 7.88. The quantitative estimate of drug-likeness (QED) is 0.844. The number of thiophene rings is 1. The number of nitrogens with one attached hydrogen (secondary N) is 2. The third-order valence-electron chi connectivity index (χ3n) is 4.98. The number of amides is 1. The van der Waals surface area contributed by atoms with Gasteiger partial charge in [0.2, 0.25) is 0 Å². The van der Waals surface area contributed by atoms with E-state index in [2.05, 4.69) is 15.6 Å². The summed E-state index contributed by atoms with van der Waals surface area (Å²) in [7, 11) is 0. The Morgan fingerprint density at radius 2 is 2.07 bits per heavy atom. The van der Waals surface area contributed by atoms with Gasteiger partial charge in [0.1, 0.15) is 5.82 Å². The summed E-state index contributed by atoms with van der Waals surface area (Å²) >= 11 is 1.58. The molecular weight excluding hydrogens is 358 g/mol. The summed E-state index contributed by atoms with van der Waals surface area (Å²) < 4.78 is 0. The van der Waals surface area contributed by atoms with Crippen molar-refractivity contribution in [3.63, 3.8) is 0 Å². The molecule has 6 heteroatoms. The summed E-state index contributed by atoms with van der Waals surface area (Å²) in [6, 6.07) is 9.48. The van der Waals surface area contributed by atoms with Gasteiger partial charge >= 0.3 is 0 Å². The minimum Gasteiger partial charge on any atom is -0.362 e. The van der Waals surface area contributed by atoms with Crippen LogP contribution in [-0.4, -0.2) is 16.7 Å². The van der Waals surface area contributed by atoms with Gasteiger partial charge in [-0.1, -0.05) is 12.1 Å². The molecular formula is C21H21N3O2S. The lowest BCUT2D eigenvalue weighted by Crippen LogP contribution is -2.35. The number of hydrogen-bond donors (Lipinski definition) is 2. The average molecular weight is 379 g/mol. The fourth-order valence-corrected chi connectivity index (χ4v) is 4.66. The molecule has 1 atom stereocenters. The summed E-state index contributed by atoms with van der Waals surface area (Å²) in [5, 5.41) is 8.22. The molecule has 1 aliphatic heterocycles. The molecule has 0 saturated carbocycles. The lowest BCUT2D eigenvalue weighted by Gasteiger charge is -2.33. The predicted octanol–water partition coefficient (Wildman–Crippen LogP) is 4.06. The van der Waals surface area contributed by atoms with Crippen LogP contribution in [0.3, 0.4) is 0 Å². The second-order valence-electron chi connectivity index (χ2n) is 6.90. The van der Waals surface area contributed by atoms with Crippen molar-refractivity contribution >= 4 is 28.8 Å². The first-order valence-electron chi connectivity index (χ1n) is 9.07. The molecule has 1 amide bonds. The van der Waals surface area contributed by atoms with E-state index in [-0.39, 0.29) is 17.6 Å². The molecule has 0 fully saturated rings. The van der Waals surface area contributed by atoms with E-state index in [1.54, 1.807) is 17.4 Å². The van der Waals surface area contributed by atoms with Gasteiger partial charge in [-0.25, -0.2) is 4.98 Å². The highest BCUT2D eigenvalue weighted by atomic mass is 32.1. The van der Waals surface area contributed by atoms with Crippen LogP contribution in [0.15, 0.2) is 58.3 Å². The van der Waals surface area contributed by atoms with Crippen LogP contribution < -0.4 is 10.6 Å². The standard InChI is InChI=1S/C21H21N3O2S/c1-12-6-3-10-17(22-12)24-21(26)18-13(2)23-14-7-4-8-15(25)19(14)20(18)16-9-5-11-27-16/h3,5-6,9-11,20,23H,4,7-8H2,1-2H3,(H,22,24,26)/t20-/m1/s1. The number of carbonyl (C=O) groups is 2. The molecule has 27 heavy (non-hydrogen) atoms. The van der Waals surface area contributed by atoms with Crippen LogP contribution in [0.5, 0.6) is 0 Å². The minimum absolute atomic E-state index is 0.133. The lowest BCUT2D eigenvalue weighted by atomic mass is 9.77. The van der Waals surface area contributed by atoms with Gasteiger partial charge in [0.25, 0.3) is 5.91 Å². The Morgan fingerprint density at radius 1 is 1.22 bits per heavy atom. The van der Waals surface area contributed by atoms with Crippen molar-refractivity contribution in [3.8, 4) is 0 Å². The number of allylic oxidation sites excluding steroid dienone is 3. The van der Waals surface area contributed by atoms with E-state index in [9.17, 15) is 9.59 Å². The van der Waals surface area contributed by atoms with Gasteiger partial charge in [-0.15, -0.1) is 11.3 Å². The van der Waals surface area contributed by atoms with Crippen molar-refractivity contribution in [1.29, 1.82) is 0 Å². The lowest BCUT2D eigenvalue weighted by molar-refractivity contribution is -0.116. The van der Waals surface area contributed by atoms with Crippen molar-refractivity contribution in [2.24, 2.45) is 0 Å². The number of dihydropyridines is 1. The van der Waals surface area contributed by atoms with Crippen molar-refractivity contribution in [2.75, 3.05) is 5.32 Å². The highest BCUT2D eigenvalue weighted by molar-refractivity contribution is 7.10. The highest BCUT2D eigenvalue weighted by Crippen LogP contribution is 2.43. The SMILES string of the molecule is CC1=C(C(=O)Nc2cccc(C)n2)[C@@H](c2cccs2)C2=C(CCCC2=O)N1. The largest absolute Gasteiger partial charge is 0.362 e. The molecule has 138 valence electrons. The molecule has 3 heterocycles. The minimum atomic E-state index is -0.321. The van der Waals surface area contributed by atoms with E-state index in [1.807, 2.05) is 43.5 Å². The molecule has 2 aliphatic rings. The fourth-order valence-electron chi connectivity index (χ4n) is 3.82. The van der Waals surface area contributed by atoms with Crippen molar-refractivity contribution in [1.82, 2.24) is 10.3 Å². The number of aryl methyl sites for hydroxylation is 1. The van der Waals surface area contributed by atoms with Crippen LogP contribution in [0.25, 0.3) is 0 Å². The molecule has 0 bridgehead atoms. The number of anilines is 1. The zero-order chi connectivity index (χ0) is 19.0. The molecule has 2 aromatic rings. The Morgan fingerprint density at radius 3 is 2.81 bits per heavy atom. The molecule has 0 saturated heterocycles. The number of Topliss-reactive ketones (excluding diaryl/α,β-unsaturated/α-hetero) is 1. The van der Waals surface area contributed by atoms with Crippen LogP contribution in [0.1, 0.15) is 42.7 Å². The highest BCUT2D eigenvalue weighted by Gasteiger charge is 2.38. The summed E-state index contributed by atoms with van der Waals surface area (Å²) in [5.41, 5.74) is 3.94. The summed E-state index contributed by atoms with van der Waals surface area (Å²) in [5.74, 6) is 0.105. The Bertz CT molecular complexity index is 973. The van der Waals surface area contributed by atoms with Crippen LogP contribution in [0.4, 0.5) is 5.82 Å². The molecule has 1 aliphatic carbocycles. The zero-order valence-electron chi connectivity index (χ0n) is 15.3. The number of carbonyl (C=O) groups excluding carboxylic acids is 2. The van der Waals surface area contributed by atoms with Gasteiger partial charge in [-0.2, -0.15) is 0 Å². The summed E-state index contributed by atoms with van der Waals surface area (Å²) in [6.07, 6.45) is 2.23. The van der Waals surface area contributed by atoms with Crippen molar-refractivity contribution in [3.05, 3.63) is 68.8 Å². The number of aromatic nitrogens is 1. The van der Waals surface area contributed by atoms with Crippen LogP contribution in [-0.2, 0) is 9.59 Å². The monoisotopic (exact) mass is 379 g/mol. The van der Waals surface area contributed by atoms with Gasteiger partial charge in [0.15, 0.2) is 5.78 Å².